The Bertz CT molecular complexity index is 1230. The van der Waals surface area contributed by atoms with Gasteiger partial charge in [0.15, 0.2) is 11.4 Å². The maximum Gasteiger partial charge on any atom is 0.351 e. The molecule has 186 valence electrons. The molecule has 0 spiro atoms. The molecule has 0 unspecified atom stereocenters. The lowest BCUT2D eigenvalue weighted by molar-refractivity contribution is -0.140. The second-order valence-electron chi connectivity index (χ2n) is 9.51. The van der Waals surface area contributed by atoms with Crippen molar-refractivity contribution in [2.24, 2.45) is 10.9 Å². The number of carbonyl (C=O) groups excluding carboxylic acids is 1. The van der Waals surface area contributed by atoms with Gasteiger partial charge >= 0.3 is 5.97 Å². The molecule has 1 saturated carbocycles. The fourth-order valence-corrected chi connectivity index (χ4v) is 5.08. The molecule has 2 heterocycles. The number of benzene rings is 2. The molecule has 1 aliphatic carbocycles. The van der Waals surface area contributed by atoms with Crippen LogP contribution in [-0.4, -0.2) is 54.6 Å². The number of esters is 1. The zero-order valence-electron chi connectivity index (χ0n) is 20.3. The van der Waals surface area contributed by atoms with Crippen molar-refractivity contribution in [2.75, 3.05) is 38.1 Å². The number of rotatable bonds is 4. The molecule has 8 heteroatoms. The van der Waals surface area contributed by atoms with E-state index in [1.165, 1.54) is 6.42 Å². The van der Waals surface area contributed by atoms with Crippen molar-refractivity contribution >= 4 is 23.2 Å². The van der Waals surface area contributed by atoms with Crippen molar-refractivity contribution in [3.63, 3.8) is 0 Å². The maximum absolute atomic E-state index is 13.1. The summed E-state index contributed by atoms with van der Waals surface area (Å²) in [6.45, 7) is 3.32. The lowest BCUT2D eigenvalue weighted by Crippen LogP contribution is -2.48. The number of aliphatic imine (C=N–C) groups is 1. The summed E-state index contributed by atoms with van der Waals surface area (Å²) in [6, 6.07) is 14.9. The van der Waals surface area contributed by atoms with Crippen LogP contribution in [0.3, 0.4) is 0 Å². The number of hydrogen-bond acceptors (Lipinski definition) is 8. The predicted octanol–water partition coefficient (Wildman–Crippen LogP) is 4.32. The Labute approximate surface area is 211 Å². The minimum atomic E-state index is -0.609. The van der Waals surface area contributed by atoms with Gasteiger partial charge in [-0.2, -0.15) is 5.26 Å². The van der Waals surface area contributed by atoms with Gasteiger partial charge < -0.3 is 25.4 Å². The average molecular weight is 486 g/mol. The average Bonchev–Trinajstić information content (AvgIpc) is 2.93. The maximum atomic E-state index is 13.1. The van der Waals surface area contributed by atoms with E-state index >= 15 is 0 Å². The Hall–Kier alpha value is -3.83. The van der Waals surface area contributed by atoms with Crippen molar-refractivity contribution < 1.29 is 14.6 Å². The Balaban J connectivity index is 1.49. The highest BCUT2D eigenvalue weighted by Crippen LogP contribution is 2.38. The van der Waals surface area contributed by atoms with Crippen LogP contribution in [0.5, 0.6) is 5.75 Å². The van der Waals surface area contributed by atoms with Crippen LogP contribution in [-0.2, 0) is 9.53 Å². The van der Waals surface area contributed by atoms with Crippen molar-refractivity contribution in [2.45, 2.75) is 32.1 Å². The Morgan fingerprint density at radius 2 is 1.92 bits per heavy atom. The number of nitrogens with one attached hydrogen (secondary N) is 2. The third-order valence-electron chi connectivity index (χ3n) is 7.08. The largest absolute Gasteiger partial charge is 0.507 e. The minimum Gasteiger partial charge on any atom is -0.507 e. The number of para-hydroxylation sites is 1. The Morgan fingerprint density at radius 3 is 2.67 bits per heavy atom. The lowest BCUT2D eigenvalue weighted by atomic mass is 9.90. The highest BCUT2D eigenvalue weighted by atomic mass is 16.5. The number of piperazine rings is 1. The SMILES string of the molecule is N#CC(C(=O)OCC1CCCCC1)=C1Nc2ccc(-c3ccccc3O)cc2N=C1N1CCNCC1. The molecule has 1 saturated heterocycles. The number of phenolic OH excluding ortho intramolecular Hbond substituents is 1. The fourth-order valence-electron chi connectivity index (χ4n) is 5.08. The van der Waals surface area contributed by atoms with Crippen LogP contribution in [0.4, 0.5) is 11.4 Å². The van der Waals surface area contributed by atoms with E-state index in [4.69, 9.17) is 9.73 Å². The molecule has 0 radical (unpaired) electrons. The summed E-state index contributed by atoms with van der Waals surface area (Å²) in [5.74, 6) is 0.509. The van der Waals surface area contributed by atoms with Gasteiger partial charge in [-0.05, 0) is 42.5 Å². The predicted molar refractivity (Wildman–Crippen MR) is 139 cm³/mol. The van der Waals surface area contributed by atoms with Gasteiger partial charge in [-0.1, -0.05) is 43.5 Å². The highest BCUT2D eigenvalue weighted by Gasteiger charge is 2.30. The van der Waals surface area contributed by atoms with E-state index in [1.807, 2.05) is 30.3 Å². The molecule has 2 aromatic rings. The highest BCUT2D eigenvalue weighted by molar-refractivity contribution is 6.12. The molecular weight excluding hydrogens is 454 g/mol. The van der Waals surface area contributed by atoms with Gasteiger partial charge in [0.2, 0.25) is 0 Å². The third kappa shape index (κ3) is 5.07. The van der Waals surface area contributed by atoms with Crippen LogP contribution in [0, 0.1) is 17.2 Å². The molecule has 0 amide bonds. The van der Waals surface area contributed by atoms with Crippen LogP contribution in [0.1, 0.15) is 32.1 Å². The minimum absolute atomic E-state index is 0.0569. The monoisotopic (exact) mass is 485 g/mol. The van der Waals surface area contributed by atoms with Gasteiger partial charge in [0.25, 0.3) is 0 Å². The van der Waals surface area contributed by atoms with E-state index in [0.717, 1.165) is 44.3 Å². The summed E-state index contributed by atoms with van der Waals surface area (Å²) < 4.78 is 5.63. The summed E-state index contributed by atoms with van der Waals surface area (Å²) in [5, 5.41) is 27.0. The van der Waals surface area contributed by atoms with Crippen molar-refractivity contribution in [3.05, 3.63) is 53.7 Å². The number of anilines is 1. The van der Waals surface area contributed by atoms with Crippen molar-refractivity contribution in [1.82, 2.24) is 10.2 Å². The molecule has 2 fully saturated rings. The number of hydrogen-bond donors (Lipinski definition) is 3. The number of carbonyl (C=O) groups is 1. The first-order valence-corrected chi connectivity index (χ1v) is 12.7. The van der Waals surface area contributed by atoms with Gasteiger partial charge in [-0.25, -0.2) is 9.79 Å². The van der Waals surface area contributed by atoms with Crippen LogP contribution >= 0.6 is 0 Å². The molecule has 0 atom stereocenters. The van der Waals surface area contributed by atoms with E-state index in [2.05, 4.69) is 21.6 Å². The topological polar surface area (TPSA) is 110 Å². The summed E-state index contributed by atoms with van der Waals surface area (Å²) >= 11 is 0. The van der Waals surface area contributed by atoms with Crippen LogP contribution in [0.2, 0.25) is 0 Å². The molecule has 8 nitrogen and oxygen atoms in total. The molecule has 36 heavy (non-hydrogen) atoms. The summed E-state index contributed by atoms with van der Waals surface area (Å²) in [7, 11) is 0. The second kappa shape index (κ2) is 10.8. The van der Waals surface area contributed by atoms with Crippen LogP contribution in [0.25, 0.3) is 11.1 Å². The number of fused-ring (bicyclic) bond motifs is 1. The van der Waals surface area contributed by atoms with Crippen LogP contribution in [0.15, 0.2) is 58.7 Å². The van der Waals surface area contributed by atoms with E-state index in [9.17, 15) is 15.2 Å². The molecule has 0 aromatic heterocycles. The standard InChI is InChI=1S/C28H31N5O3/c29-17-22(28(35)36-18-19-6-2-1-3-7-19)26-27(33-14-12-30-13-15-33)32-24-16-20(10-11-23(24)31-26)21-8-4-5-9-25(21)34/h4-5,8-11,16,19,30-31,34H,1-3,6-7,12-15,18H2. The van der Waals surface area contributed by atoms with Gasteiger partial charge in [0, 0.05) is 31.7 Å². The summed E-state index contributed by atoms with van der Waals surface area (Å²) in [5.41, 5.74) is 3.24. The summed E-state index contributed by atoms with van der Waals surface area (Å²) in [4.78, 5) is 20.1. The molecular formula is C28H31N5O3. The zero-order valence-corrected chi connectivity index (χ0v) is 20.3. The Morgan fingerprint density at radius 1 is 1.14 bits per heavy atom. The first-order chi connectivity index (χ1) is 17.6. The van der Waals surface area contributed by atoms with E-state index in [1.54, 1.807) is 12.1 Å². The number of ether oxygens (including phenoxy) is 1. The Kier molecular flexibility index (Phi) is 7.19. The van der Waals surface area contributed by atoms with E-state index < -0.39 is 5.97 Å². The summed E-state index contributed by atoms with van der Waals surface area (Å²) in [6.07, 6.45) is 5.68. The quantitative estimate of drug-likeness (QED) is 0.336. The molecule has 5 rings (SSSR count). The fraction of sp³-hybridized carbons (Fsp3) is 0.393. The van der Waals surface area contributed by atoms with Crippen molar-refractivity contribution in [1.29, 1.82) is 5.26 Å². The van der Waals surface area contributed by atoms with Gasteiger partial charge in [-0.3, -0.25) is 0 Å². The second-order valence-corrected chi connectivity index (χ2v) is 9.51. The number of amidine groups is 1. The number of phenols is 1. The number of aromatic hydroxyl groups is 1. The van der Waals surface area contributed by atoms with Crippen molar-refractivity contribution in [3.8, 4) is 22.9 Å². The van der Waals surface area contributed by atoms with Gasteiger partial charge in [0.05, 0.1) is 18.0 Å². The smallest absolute Gasteiger partial charge is 0.351 e. The normalized spacial score (nSPS) is 19.4. The zero-order chi connectivity index (χ0) is 24.9. The first-order valence-electron chi connectivity index (χ1n) is 12.7. The molecule has 3 N–H and O–H groups in total. The number of nitrogens with zero attached hydrogens (tertiary/aromatic N) is 3. The van der Waals surface area contributed by atoms with E-state index in [-0.39, 0.29) is 11.3 Å². The van der Waals surface area contributed by atoms with Crippen LogP contribution < -0.4 is 10.6 Å². The number of nitriles is 1. The molecule has 3 aliphatic rings. The molecule has 2 aliphatic heterocycles. The molecule has 0 bridgehead atoms. The molecule has 2 aromatic carbocycles. The third-order valence-corrected chi connectivity index (χ3v) is 7.08. The first kappa shape index (κ1) is 23.9. The van der Waals surface area contributed by atoms with Gasteiger partial charge in [-0.15, -0.1) is 0 Å². The van der Waals surface area contributed by atoms with E-state index in [0.29, 0.717) is 54.1 Å². The lowest BCUT2D eigenvalue weighted by Gasteiger charge is -2.34. The van der Waals surface area contributed by atoms with Gasteiger partial charge in [0.1, 0.15) is 17.5 Å².